The fraction of sp³-hybridized carbons (Fsp3) is 0.258. The van der Waals surface area contributed by atoms with Gasteiger partial charge in [0, 0.05) is 5.56 Å². The van der Waals surface area contributed by atoms with Crippen LogP contribution in [-0.4, -0.2) is 26.8 Å². The average molecular weight is 494 g/mol. The van der Waals surface area contributed by atoms with E-state index in [1.165, 1.54) is 4.90 Å². The first kappa shape index (κ1) is 24.5. The van der Waals surface area contributed by atoms with Crippen LogP contribution in [0.3, 0.4) is 0 Å². The van der Waals surface area contributed by atoms with Gasteiger partial charge in [0.15, 0.2) is 0 Å². The molecule has 1 aliphatic heterocycles. The first-order valence-electron chi connectivity index (χ1n) is 12.4. The molecule has 2 N–H and O–H groups in total. The second-order valence-corrected chi connectivity index (χ2v) is 10.9. The van der Waals surface area contributed by atoms with Crippen molar-refractivity contribution >= 4 is 34.4 Å². The molecule has 1 atom stereocenters. The highest BCUT2D eigenvalue weighted by Crippen LogP contribution is 2.42. The monoisotopic (exact) mass is 493 g/mol. The number of fused-ring (bicyclic) bond motifs is 1. The van der Waals surface area contributed by atoms with Gasteiger partial charge in [-0.3, -0.25) is 14.5 Å². The molecule has 0 aliphatic carbocycles. The van der Waals surface area contributed by atoms with Gasteiger partial charge in [-0.15, -0.1) is 0 Å². The first-order valence-corrected chi connectivity index (χ1v) is 12.4. The van der Waals surface area contributed by atoms with E-state index in [9.17, 15) is 14.7 Å². The van der Waals surface area contributed by atoms with Crippen molar-refractivity contribution in [2.75, 3.05) is 4.90 Å². The molecule has 0 bridgehead atoms. The van der Waals surface area contributed by atoms with Crippen molar-refractivity contribution in [2.45, 2.75) is 53.0 Å². The van der Waals surface area contributed by atoms with Crippen molar-refractivity contribution in [1.82, 2.24) is 9.97 Å². The summed E-state index contributed by atoms with van der Waals surface area (Å²) in [5, 5.41) is 11.5. The Balaban J connectivity index is 1.74. The third kappa shape index (κ3) is 4.22. The van der Waals surface area contributed by atoms with Crippen molar-refractivity contribution < 1.29 is 14.7 Å². The van der Waals surface area contributed by atoms with Gasteiger partial charge in [0.1, 0.15) is 5.76 Å². The zero-order valence-electron chi connectivity index (χ0n) is 22.0. The van der Waals surface area contributed by atoms with Crippen LogP contribution in [-0.2, 0) is 15.0 Å². The molecule has 1 saturated heterocycles. The van der Waals surface area contributed by atoms with Gasteiger partial charge in [-0.25, -0.2) is 4.98 Å². The predicted octanol–water partition coefficient (Wildman–Crippen LogP) is 6.41. The Morgan fingerprint density at radius 3 is 2.24 bits per heavy atom. The average Bonchev–Trinajstić information content (AvgIpc) is 3.37. The third-order valence-corrected chi connectivity index (χ3v) is 7.04. The van der Waals surface area contributed by atoms with Crippen LogP contribution in [0.5, 0.6) is 0 Å². The van der Waals surface area contributed by atoms with Gasteiger partial charge in [0.2, 0.25) is 5.95 Å². The molecule has 0 spiro atoms. The Morgan fingerprint density at radius 1 is 0.919 bits per heavy atom. The minimum absolute atomic E-state index is 0.0545. The predicted molar refractivity (Wildman–Crippen MR) is 147 cm³/mol. The summed E-state index contributed by atoms with van der Waals surface area (Å²) in [7, 11) is 0. The first-order chi connectivity index (χ1) is 17.5. The number of nitrogens with one attached hydrogen (secondary N) is 1. The summed E-state index contributed by atoms with van der Waals surface area (Å²) in [6, 6.07) is 18.5. The van der Waals surface area contributed by atoms with E-state index >= 15 is 0 Å². The van der Waals surface area contributed by atoms with Gasteiger partial charge >= 0.3 is 5.91 Å². The maximum absolute atomic E-state index is 13.5. The molecule has 1 unspecified atom stereocenters. The summed E-state index contributed by atoms with van der Waals surface area (Å²) in [4.78, 5) is 36.3. The molecule has 6 nitrogen and oxygen atoms in total. The van der Waals surface area contributed by atoms with Crippen molar-refractivity contribution in [2.24, 2.45) is 0 Å². The van der Waals surface area contributed by atoms with Crippen molar-refractivity contribution in [1.29, 1.82) is 0 Å². The zero-order valence-corrected chi connectivity index (χ0v) is 22.0. The number of amides is 1. The summed E-state index contributed by atoms with van der Waals surface area (Å²) >= 11 is 0. The minimum Gasteiger partial charge on any atom is -0.507 e. The molecular weight excluding hydrogens is 462 g/mol. The lowest BCUT2D eigenvalue weighted by molar-refractivity contribution is -0.132. The van der Waals surface area contributed by atoms with Gasteiger partial charge in [-0.2, -0.15) is 0 Å². The Kier molecular flexibility index (Phi) is 5.78. The molecule has 6 heteroatoms. The molecule has 1 aromatic heterocycles. The molecular formula is C31H31N3O3. The number of benzene rings is 3. The Hall–Kier alpha value is -4.19. The molecule has 0 saturated carbocycles. The van der Waals surface area contributed by atoms with E-state index in [-0.39, 0.29) is 22.7 Å². The van der Waals surface area contributed by atoms with E-state index in [1.54, 1.807) is 0 Å². The molecule has 0 radical (unpaired) electrons. The largest absolute Gasteiger partial charge is 0.507 e. The van der Waals surface area contributed by atoms with Crippen LogP contribution >= 0.6 is 0 Å². The number of anilines is 1. The van der Waals surface area contributed by atoms with Gasteiger partial charge in [0.25, 0.3) is 5.78 Å². The number of hydrogen-bond acceptors (Lipinski definition) is 4. The maximum atomic E-state index is 13.5. The van der Waals surface area contributed by atoms with Crippen LogP contribution in [0.4, 0.5) is 5.95 Å². The number of imidazole rings is 1. The Morgan fingerprint density at radius 2 is 1.57 bits per heavy atom. The van der Waals surface area contributed by atoms with E-state index in [0.29, 0.717) is 11.1 Å². The number of carbonyl (C=O) groups excluding carboxylic acids is 2. The zero-order chi connectivity index (χ0) is 26.6. The van der Waals surface area contributed by atoms with E-state index in [1.807, 2.05) is 81.4 Å². The van der Waals surface area contributed by atoms with Crippen LogP contribution in [0, 0.1) is 20.8 Å². The fourth-order valence-corrected chi connectivity index (χ4v) is 4.89. The van der Waals surface area contributed by atoms with Gasteiger partial charge in [-0.1, -0.05) is 68.8 Å². The highest BCUT2D eigenvalue weighted by Gasteiger charge is 2.48. The van der Waals surface area contributed by atoms with Crippen LogP contribution in [0.1, 0.15) is 60.2 Å². The molecule has 1 amide bonds. The smallest absolute Gasteiger partial charge is 0.302 e. The molecule has 2 heterocycles. The number of hydrogen-bond donors (Lipinski definition) is 2. The molecule has 1 aliphatic rings. The third-order valence-electron chi connectivity index (χ3n) is 7.04. The molecule has 4 aromatic rings. The van der Waals surface area contributed by atoms with Gasteiger partial charge in [-0.05, 0) is 66.6 Å². The highest BCUT2D eigenvalue weighted by atomic mass is 16.3. The standard InChI is InChI=1S/C31H31N3O3/c1-17-7-9-19(3)22(15-17)27(35)25-26(20-10-12-21(13-11-20)31(4,5)6)34(29(37)28(25)36)30-32-23-14-8-18(2)16-24(23)33-30/h7-16,26,35H,1-6H3,(H,32,33)/b27-25+. The normalized spacial score (nSPS) is 17.7. The topological polar surface area (TPSA) is 86.3 Å². The van der Waals surface area contributed by atoms with E-state index in [0.717, 1.165) is 33.3 Å². The van der Waals surface area contributed by atoms with Crippen LogP contribution < -0.4 is 4.90 Å². The number of Topliss-reactive ketones (excluding diaryl/α,β-unsaturated/α-hetero) is 1. The van der Waals surface area contributed by atoms with Crippen molar-refractivity contribution in [3.05, 3.63) is 99.6 Å². The lowest BCUT2D eigenvalue weighted by Gasteiger charge is -2.25. The van der Waals surface area contributed by atoms with Crippen molar-refractivity contribution in [3.63, 3.8) is 0 Å². The summed E-state index contributed by atoms with van der Waals surface area (Å²) in [5.74, 6) is -1.38. The summed E-state index contributed by atoms with van der Waals surface area (Å²) in [5.41, 5.74) is 6.65. The van der Waals surface area contributed by atoms with E-state index in [2.05, 4.69) is 30.7 Å². The van der Waals surface area contributed by atoms with E-state index < -0.39 is 17.7 Å². The number of aromatic nitrogens is 2. The quantitative estimate of drug-likeness (QED) is 0.196. The Labute approximate surface area is 216 Å². The number of rotatable bonds is 3. The van der Waals surface area contributed by atoms with Crippen LogP contribution in [0.15, 0.2) is 66.2 Å². The lowest BCUT2D eigenvalue weighted by Crippen LogP contribution is -2.30. The Bertz CT molecular complexity index is 1590. The summed E-state index contributed by atoms with van der Waals surface area (Å²) < 4.78 is 0. The number of aliphatic hydroxyl groups is 1. The number of nitrogens with zero attached hydrogens (tertiary/aromatic N) is 2. The number of aromatic amines is 1. The summed E-state index contributed by atoms with van der Waals surface area (Å²) in [6.45, 7) is 12.2. The molecule has 5 rings (SSSR count). The second-order valence-electron chi connectivity index (χ2n) is 10.9. The van der Waals surface area contributed by atoms with Crippen molar-refractivity contribution in [3.8, 4) is 0 Å². The lowest BCUT2D eigenvalue weighted by atomic mass is 9.85. The number of ketones is 1. The number of aryl methyl sites for hydroxylation is 3. The molecule has 1 fully saturated rings. The second kappa shape index (κ2) is 8.73. The summed E-state index contributed by atoms with van der Waals surface area (Å²) in [6.07, 6.45) is 0. The van der Waals surface area contributed by atoms with Gasteiger partial charge in [0.05, 0.1) is 22.6 Å². The molecule has 188 valence electrons. The highest BCUT2D eigenvalue weighted by molar-refractivity contribution is 6.51. The van der Waals surface area contributed by atoms with Crippen LogP contribution in [0.2, 0.25) is 0 Å². The van der Waals surface area contributed by atoms with Gasteiger partial charge < -0.3 is 10.1 Å². The molecule has 37 heavy (non-hydrogen) atoms. The minimum atomic E-state index is -0.837. The van der Waals surface area contributed by atoms with E-state index in [4.69, 9.17) is 0 Å². The maximum Gasteiger partial charge on any atom is 0.302 e. The molecule has 3 aromatic carbocycles. The van der Waals surface area contributed by atoms with Crippen LogP contribution in [0.25, 0.3) is 16.8 Å². The number of carbonyl (C=O) groups is 2. The number of aliphatic hydroxyl groups excluding tert-OH is 1. The fourth-order valence-electron chi connectivity index (χ4n) is 4.89. The SMILES string of the molecule is Cc1ccc(C)c(/C(O)=C2\C(=O)C(=O)N(c3nc4ccc(C)cc4[nH]3)C2c2ccc(C(C)(C)C)cc2)c1. The number of H-pyrrole nitrogens is 1.